The van der Waals surface area contributed by atoms with Crippen LogP contribution in [0.4, 0.5) is 5.82 Å². The largest absolute Gasteiger partial charge is 0.385 e. The number of aromatic nitrogens is 4. The molecule has 0 unspecified atom stereocenters. The number of anilines is 1. The molecule has 11 heteroatoms. The van der Waals surface area contributed by atoms with Crippen molar-refractivity contribution in [3.63, 3.8) is 0 Å². The van der Waals surface area contributed by atoms with Gasteiger partial charge in [0.25, 0.3) is 0 Å². The Labute approximate surface area is 144 Å². The van der Waals surface area contributed by atoms with Gasteiger partial charge in [0.05, 0.1) is 6.33 Å². The second kappa shape index (κ2) is 6.14. The number of carbonyl (C=O) groups excluding carboxylic acids is 1. The van der Waals surface area contributed by atoms with Gasteiger partial charge in [0.2, 0.25) is 6.41 Å². The molecule has 0 aliphatic carbocycles. The molecule has 3 rings (SSSR count). The summed E-state index contributed by atoms with van der Waals surface area (Å²) < 4.78 is 7.57. The fraction of sp³-hybridized carbons (Fsp3) is 0.500. The number of nitrogens with zero attached hydrogens (tertiary/aromatic N) is 5. The molecule has 0 spiro atoms. The van der Waals surface area contributed by atoms with E-state index in [1.165, 1.54) is 15.8 Å². The molecule has 23 heavy (non-hydrogen) atoms. The van der Waals surface area contributed by atoms with Crippen molar-refractivity contribution in [2.24, 2.45) is 0 Å². The Hall–Kier alpha value is -1.57. The molecule has 1 fully saturated rings. The number of hydrogen-bond donors (Lipinski definition) is 3. The maximum Gasteiger partial charge on any atom is 0.211 e. The van der Waals surface area contributed by atoms with Gasteiger partial charge in [0, 0.05) is 29.1 Å². The van der Waals surface area contributed by atoms with Crippen molar-refractivity contribution in [3.8, 4) is 0 Å². The zero-order valence-corrected chi connectivity index (χ0v) is 14.2. The molecule has 2 aromatic rings. The number of likely N-dealkylation sites (N-methyl/N-ethyl adjacent to an activating group) is 1. The third-order valence-corrected chi connectivity index (χ3v) is 4.22. The SMILES string of the molecule is CCN(C=O)[C@H]1O[C@@H](n2cnc3c(N)nc(I)nc32)[C@H](O)[C@@H]1O. The lowest BCUT2D eigenvalue weighted by Crippen LogP contribution is -2.43. The normalized spacial score (nSPS) is 27.5. The van der Waals surface area contributed by atoms with Gasteiger partial charge in [-0.1, -0.05) is 0 Å². The predicted octanol–water partition coefficient (Wildman–Crippen LogP) is -0.932. The molecule has 0 bridgehead atoms. The molecular weight excluding hydrogens is 419 g/mol. The number of nitrogens with two attached hydrogens (primary N) is 1. The highest BCUT2D eigenvalue weighted by atomic mass is 127. The minimum atomic E-state index is -1.25. The van der Waals surface area contributed by atoms with Gasteiger partial charge in [-0.15, -0.1) is 0 Å². The number of rotatable bonds is 4. The maximum atomic E-state index is 11.1. The quantitative estimate of drug-likeness (QED) is 0.319. The molecule has 1 aliphatic rings. The van der Waals surface area contributed by atoms with Crippen molar-refractivity contribution in [2.45, 2.75) is 31.6 Å². The Bertz CT molecular complexity index is 740. The second-order valence-corrected chi connectivity index (χ2v) is 6.00. The second-order valence-electron chi connectivity index (χ2n) is 5.04. The van der Waals surface area contributed by atoms with Gasteiger partial charge in [0.1, 0.15) is 17.7 Å². The summed E-state index contributed by atoms with van der Waals surface area (Å²) in [6, 6.07) is 0. The Morgan fingerprint density at radius 2 is 2.22 bits per heavy atom. The average Bonchev–Trinajstić information content (AvgIpc) is 3.05. The van der Waals surface area contributed by atoms with Gasteiger partial charge in [-0.3, -0.25) is 9.36 Å². The van der Waals surface area contributed by atoms with Crippen molar-refractivity contribution in [3.05, 3.63) is 10.2 Å². The molecule has 3 heterocycles. The van der Waals surface area contributed by atoms with Crippen LogP contribution in [0.15, 0.2) is 6.33 Å². The Kier molecular flexibility index (Phi) is 4.35. The fourth-order valence-electron chi connectivity index (χ4n) is 2.56. The van der Waals surface area contributed by atoms with Crippen molar-refractivity contribution < 1.29 is 19.7 Å². The standard InChI is InChI=1S/C12H15IN6O4/c1-2-18(4-20)10-6(21)7(22)11(23-10)19-3-15-5-8(14)16-12(13)17-9(5)19/h3-4,6-7,10-11,21-22H,2H2,1H3,(H2,14,16,17)/t6-,7+,10-,11+/m0/s1. The number of amides is 1. The van der Waals surface area contributed by atoms with E-state index in [2.05, 4.69) is 15.0 Å². The van der Waals surface area contributed by atoms with Crippen LogP contribution in [0.2, 0.25) is 0 Å². The minimum absolute atomic E-state index is 0.214. The molecule has 10 nitrogen and oxygen atoms in total. The molecule has 4 atom stereocenters. The summed E-state index contributed by atoms with van der Waals surface area (Å²) in [5.41, 5.74) is 6.57. The number of fused-ring (bicyclic) bond motifs is 1. The predicted molar refractivity (Wildman–Crippen MR) is 86.8 cm³/mol. The first-order chi connectivity index (χ1) is 11.0. The molecule has 2 aromatic heterocycles. The monoisotopic (exact) mass is 434 g/mol. The first kappa shape index (κ1) is 16.3. The highest BCUT2D eigenvalue weighted by Crippen LogP contribution is 2.33. The van der Waals surface area contributed by atoms with Gasteiger partial charge in [0.15, 0.2) is 27.8 Å². The van der Waals surface area contributed by atoms with Gasteiger partial charge < -0.3 is 25.6 Å². The number of hydrogen-bond acceptors (Lipinski definition) is 8. The molecule has 4 N–H and O–H groups in total. The summed E-state index contributed by atoms with van der Waals surface area (Å²) in [5.74, 6) is 0.214. The van der Waals surface area contributed by atoms with Crippen LogP contribution in [-0.2, 0) is 9.53 Å². The smallest absolute Gasteiger partial charge is 0.211 e. The molecule has 1 amide bonds. The van der Waals surface area contributed by atoms with Crippen molar-refractivity contribution in [1.82, 2.24) is 24.4 Å². The lowest BCUT2D eigenvalue weighted by atomic mass is 10.2. The van der Waals surface area contributed by atoms with Crippen LogP contribution < -0.4 is 5.73 Å². The van der Waals surface area contributed by atoms with Gasteiger partial charge in [-0.2, -0.15) is 0 Å². The van der Waals surface area contributed by atoms with E-state index < -0.39 is 24.7 Å². The summed E-state index contributed by atoms with van der Waals surface area (Å²) in [6.45, 7) is 2.08. The summed E-state index contributed by atoms with van der Waals surface area (Å²) in [7, 11) is 0. The van der Waals surface area contributed by atoms with E-state index in [0.29, 0.717) is 27.9 Å². The highest BCUT2D eigenvalue weighted by Gasteiger charge is 2.46. The van der Waals surface area contributed by atoms with Crippen LogP contribution in [-0.4, -0.2) is 66.0 Å². The van der Waals surface area contributed by atoms with E-state index in [9.17, 15) is 15.0 Å². The minimum Gasteiger partial charge on any atom is -0.385 e. The van der Waals surface area contributed by atoms with Crippen LogP contribution in [0.1, 0.15) is 13.2 Å². The maximum absolute atomic E-state index is 11.1. The average molecular weight is 434 g/mol. The third-order valence-electron chi connectivity index (χ3n) is 3.74. The third kappa shape index (κ3) is 2.62. The van der Waals surface area contributed by atoms with Crippen LogP contribution in [0, 0.1) is 3.83 Å². The number of halogens is 1. The van der Waals surface area contributed by atoms with E-state index in [0.717, 1.165) is 0 Å². The van der Waals surface area contributed by atoms with Crippen molar-refractivity contribution in [1.29, 1.82) is 0 Å². The Morgan fingerprint density at radius 1 is 1.48 bits per heavy atom. The number of nitrogen functional groups attached to an aromatic ring is 1. The van der Waals surface area contributed by atoms with E-state index in [-0.39, 0.29) is 5.82 Å². The fourth-order valence-corrected chi connectivity index (χ4v) is 3.05. The number of imidazole rings is 1. The molecule has 0 radical (unpaired) electrons. The molecule has 0 saturated carbocycles. The van der Waals surface area contributed by atoms with Crippen molar-refractivity contribution in [2.75, 3.05) is 12.3 Å². The Morgan fingerprint density at radius 3 is 2.87 bits per heavy atom. The summed E-state index contributed by atoms with van der Waals surface area (Å²) in [5, 5.41) is 20.5. The van der Waals surface area contributed by atoms with E-state index >= 15 is 0 Å². The Balaban J connectivity index is 2.01. The lowest BCUT2D eigenvalue weighted by molar-refractivity contribution is -0.141. The summed E-state index contributed by atoms with van der Waals surface area (Å²) >= 11 is 1.92. The zero-order valence-electron chi connectivity index (χ0n) is 12.1. The van der Waals surface area contributed by atoms with Crippen LogP contribution in [0.5, 0.6) is 0 Å². The van der Waals surface area contributed by atoms with E-state index in [1.54, 1.807) is 6.92 Å². The van der Waals surface area contributed by atoms with E-state index in [1.807, 2.05) is 22.6 Å². The number of carbonyl (C=O) groups is 1. The number of aliphatic hydroxyl groups excluding tert-OH is 2. The number of ether oxygens (including phenoxy) is 1. The molecule has 0 aromatic carbocycles. The van der Waals surface area contributed by atoms with Crippen LogP contribution in [0.3, 0.4) is 0 Å². The summed E-state index contributed by atoms with van der Waals surface area (Å²) in [4.78, 5) is 24.7. The topological polar surface area (TPSA) is 140 Å². The molecule has 1 aliphatic heterocycles. The molecule has 124 valence electrons. The van der Waals surface area contributed by atoms with Gasteiger partial charge in [-0.25, -0.2) is 15.0 Å². The summed E-state index contributed by atoms with van der Waals surface area (Å²) in [6.07, 6.45) is -2.42. The first-order valence-electron chi connectivity index (χ1n) is 6.86. The lowest BCUT2D eigenvalue weighted by Gasteiger charge is -2.24. The molecule has 1 saturated heterocycles. The van der Waals surface area contributed by atoms with Crippen LogP contribution in [0.25, 0.3) is 11.2 Å². The zero-order chi connectivity index (χ0) is 16.7. The first-order valence-corrected chi connectivity index (χ1v) is 7.94. The number of aliphatic hydroxyl groups is 2. The molecular formula is C12H15IN6O4. The van der Waals surface area contributed by atoms with E-state index in [4.69, 9.17) is 10.5 Å². The van der Waals surface area contributed by atoms with Crippen molar-refractivity contribution >= 4 is 46.0 Å². The van der Waals surface area contributed by atoms with Gasteiger partial charge in [-0.05, 0) is 6.92 Å². The van der Waals surface area contributed by atoms with Crippen LogP contribution >= 0.6 is 22.6 Å². The highest BCUT2D eigenvalue weighted by molar-refractivity contribution is 14.1. The van der Waals surface area contributed by atoms with Gasteiger partial charge >= 0.3 is 0 Å².